The van der Waals surface area contributed by atoms with Crippen LogP contribution in [0.5, 0.6) is 0 Å². The Morgan fingerprint density at radius 3 is 2.72 bits per heavy atom. The SMILES string of the molecule is Cn1ncnc1NS(=O)(=O)c1c(N)cccc1F. The second-order valence-corrected chi connectivity index (χ2v) is 5.09. The Morgan fingerprint density at radius 1 is 1.44 bits per heavy atom. The van der Waals surface area contributed by atoms with Crippen molar-refractivity contribution in [3.63, 3.8) is 0 Å². The van der Waals surface area contributed by atoms with Crippen LogP contribution in [0.4, 0.5) is 16.0 Å². The molecule has 0 aliphatic rings. The van der Waals surface area contributed by atoms with Crippen LogP contribution in [-0.4, -0.2) is 23.2 Å². The molecule has 2 rings (SSSR count). The molecule has 1 aromatic carbocycles. The number of nitrogens with one attached hydrogen (secondary N) is 1. The number of anilines is 2. The summed E-state index contributed by atoms with van der Waals surface area (Å²) in [7, 11) is -2.64. The highest BCUT2D eigenvalue weighted by Gasteiger charge is 2.23. The number of sulfonamides is 1. The zero-order valence-electron chi connectivity index (χ0n) is 9.33. The van der Waals surface area contributed by atoms with Gasteiger partial charge in [-0.3, -0.25) is 0 Å². The number of hydrogen-bond donors (Lipinski definition) is 2. The lowest BCUT2D eigenvalue weighted by Crippen LogP contribution is -2.19. The summed E-state index contributed by atoms with van der Waals surface area (Å²) in [5.41, 5.74) is 5.30. The highest BCUT2D eigenvalue weighted by atomic mass is 32.2. The molecule has 96 valence electrons. The summed E-state index contributed by atoms with van der Waals surface area (Å²) in [6.45, 7) is 0. The van der Waals surface area contributed by atoms with E-state index in [-0.39, 0.29) is 11.6 Å². The number of hydrogen-bond acceptors (Lipinski definition) is 5. The lowest BCUT2D eigenvalue weighted by molar-refractivity contribution is 0.571. The van der Waals surface area contributed by atoms with Gasteiger partial charge in [-0.15, -0.1) is 0 Å². The van der Waals surface area contributed by atoms with E-state index in [1.807, 2.05) is 0 Å². The number of nitrogens with zero attached hydrogens (tertiary/aromatic N) is 3. The number of aryl methyl sites for hydroxylation is 1. The van der Waals surface area contributed by atoms with Crippen LogP contribution in [0, 0.1) is 5.82 Å². The Bertz CT molecular complexity index is 662. The van der Waals surface area contributed by atoms with Gasteiger partial charge in [0.15, 0.2) is 0 Å². The summed E-state index contributed by atoms with van der Waals surface area (Å²) in [6, 6.07) is 3.64. The monoisotopic (exact) mass is 271 g/mol. The van der Waals surface area contributed by atoms with Gasteiger partial charge in [0, 0.05) is 7.05 Å². The average Bonchev–Trinajstić information content (AvgIpc) is 2.63. The topological polar surface area (TPSA) is 103 Å². The van der Waals surface area contributed by atoms with Crippen molar-refractivity contribution in [3.8, 4) is 0 Å². The van der Waals surface area contributed by atoms with Crippen LogP contribution in [0.1, 0.15) is 0 Å². The average molecular weight is 271 g/mol. The van der Waals surface area contributed by atoms with Gasteiger partial charge in [0.05, 0.1) is 5.69 Å². The molecule has 0 bridgehead atoms. The van der Waals surface area contributed by atoms with Crippen LogP contribution in [0.25, 0.3) is 0 Å². The molecule has 0 radical (unpaired) electrons. The van der Waals surface area contributed by atoms with E-state index in [0.717, 1.165) is 6.07 Å². The van der Waals surface area contributed by atoms with Gasteiger partial charge in [0.25, 0.3) is 10.0 Å². The molecular formula is C9H10FN5O2S. The molecule has 1 aromatic heterocycles. The second-order valence-electron chi connectivity index (χ2n) is 3.47. The minimum atomic E-state index is -4.14. The van der Waals surface area contributed by atoms with Crippen molar-refractivity contribution in [3.05, 3.63) is 30.3 Å². The largest absolute Gasteiger partial charge is 0.398 e. The van der Waals surface area contributed by atoms with Crippen molar-refractivity contribution < 1.29 is 12.8 Å². The predicted molar refractivity (Wildman–Crippen MR) is 62.6 cm³/mol. The van der Waals surface area contributed by atoms with Gasteiger partial charge >= 0.3 is 0 Å². The molecule has 9 heteroatoms. The smallest absolute Gasteiger partial charge is 0.269 e. The molecular weight excluding hydrogens is 261 g/mol. The Labute approximate surface area is 102 Å². The molecule has 0 fully saturated rings. The van der Waals surface area contributed by atoms with E-state index in [2.05, 4.69) is 14.8 Å². The van der Waals surface area contributed by atoms with E-state index in [0.29, 0.717) is 0 Å². The van der Waals surface area contributed by atoms with E-state index >= 15 is 0 Å². The highest BCUT2D eigenvalue weighted by molar-refractivity contribution is 7.92. The number of nitrogen functional groups attached to an aromatic ring is 1. The third-order valence-electron chi connectivity index (χ3n) is 2.20. The first-order valence-electron chi connectivity index (χ1n) is 4.82. The van der Waals surface area contributed by atoms with Gasteiger partial charge in [-0.05, 0) is 12.1 Å². The summed E-state index contributed by atoms with van der Waals surface area (Å²) < 4.78 is 40.8. The predicted octanol–water partition coefficient (Wildman–Crippen LogP) is 0.337. The summed E-state index contributed by atoms with van der Waals surface area (Å²) in [6.07, 6.45) is 1.17. The van der Waals surface area contributed by atoms with Crippen LogP contribution in [-0.2, 0) is 17.1 Å². The van der Waals surface area contributed by atoms with E-state index in [9.17, 15) is 12.8 Å². The summed E-state index contributed by atoms with van der Waals surface area (Å²) in [5, 5.41) is 3.69. The molecule has 0 aliphatic carbocycles. The van der Waals surface area contributed by atoms with Crippen molar-refractivity contribution in [1.82, 2.24) is 14.8 Å². The van der Waals surface area contributed by atoms with E-state index < -0.39 is 20.7 Å². The zero-order valence-corrected chi connectivity index (χ0v) is 10.1. The molecule has 0 spiro atoms. The standard InChI is InChI=1S/C9H10FN5O2S/c1-15-9(12-5-13-15)14-18(16,17)8-6(10)3-2-4-7(8)11/h2-5H,11H2,1H3,(H,12,13,14). The fourth-order valence-corrected chi connectivity index (χ4v) is 2.60. The minimum absolute atomic E-state index is 0.0300. The molecule has 18 heavy (non-hydrogen) atoms. The molecule has 0 aliphatic heterocycles. The molecule has 3 N–H and O–H groups in total. The maximum Gasteiger partial charge on any atom is 0.269 e. The first kappa shape index (κ1) is 12.3. The molecule has 0 saturated carbocycles. The summed E-state index contributed by atoms with van der Waals surface area (Å²) >= 11 is 0. The first-order chi connectivity index (χ1) is 8.42. The van der Waals surface area contributed by atoms with E-state index in [4.69, 9.17) is 5.73 Å². The van der Waals surface area contributed by atoms with Crippen LogP contribution in [0.2, 0.25) is 0 Å². The number of aromatic nitrogens is 3. The van der Waals surface area contributed by atoms with Crippen molar-refractivity contribution in [2.45, 2.75) is 4.90 Å². The lowest BCUT2D eigenvalue weighted by Gasteiger charge is -2.09. The number of nitrogens with two attached hydrogens (primary N) is 1. The maximum atomic E-state index is 13.5. The van der Waals surface area contributed by atoms with Gasteiger partial charge < -0.3 is 5.73 Å². The molecule has 0 unspecified atom stereocenters. The third kappa shape index (κ3) is 2.12. The molecule has 0 amide bonds. The van der Waals surface area contributed by atoms with E-state index in [1.165, 1.54) is 30.2 Å². The van der Waals surface area contributed by atoms with Gasteiger partial charge in [0.1, 0.15) is 17.0 Å². The fourth-order valence-electron chi connectivity index (χ4n) is 1.37. The zero-order chi connectivity index (χ0) is 13.3. The summed E-state index contributed by atoms with van der Waals surface area (Å²) in [4.78, 5) is 3.08. The Balaban J connectivity index is 2.47. The number of rotatable bonds is 3. The molecule has 7 nitrogen and oxygen atoms in total. The van der Waals surface area contributed by atoms with Crippen LogP contribution >= 0.6 is 0 Å². The van der Waals surface area contributed by atoms with Crippen molar-refractivity contribution in [2.24, 2.45) is 7.05 Å². The molecule has 0 atom stereocenters. The highest BCUT2D eigenvalue weighted by Crippen LogP contribution is 2.23. The molecule has 1 heterocycles. The number of halogens is 1. The van der Waals surface area contributed by atoms with Crippen LogP contribution < -0.4 is 10.5 Å². The minimum Gasteiger partial charge on any atom is -0.398 e. The van der Waals surface area contributed by atoms with Crippen molar-refractivity contribution in [1.29, 1.82) is 0 Å². The van der Waals surface area contributed by atoms with Gasteiger partial charge in [-0.1, -0.05) is 6.07 Å². The Morgan fingerprint density at radius 2 is 2.17 bits per heavy atom. The molecule has 0 saturated heterocycles. The Hall–Kier alpha value is -2.16. The quantitative estimate of drug-likeness (QED) is 0.783. The number of benzene rings is 1. The van der Waals surface area contributed by atoms with Crippen LogP contribution in [0.3, 0.4) is 0 Å². The first-order valence-corrected chi connectivity index (χ1v) is 6.31. The van der Waals surface area contributed by atoms with Crippen molar-refractivity contribution >= 4 is 21.7 Å². The van der Waals surface area contributed by atoms with Crippen molar-refractivity contribution in [2.75, 3.05) is 10.5 Å². The molecule has 2 aromatic rings. The lowest BCUT2D eigenvalue weighted by atomic mass is 10.3. The second kappa shape index (κ2) is 4.26. The van der Waals surface area contributed by atoms with Gasteiger partial charge in [0.2, 0.25) is 5.95 Å². The van der Waals surface area contributed by atoms with E-state index in [1.54, 1.807) is 0 Å². The Kier molecular flexibility index (Phi) is 2.91. The maximum absolute atomic E-state index is 13.5. The van der Waals surface area contributed by atoms with Crippen LogP contribution in [0.15, 0.2) is 29.4 Å². The van der Waals surface area contributed by atoms with Gasteiger partial charge in [-0.2, -0.15) is 10.1 Å². The van der Waals surface area contributed by atoms with Gasteiger partial charge in [-0.25, -0.2) is 22.2 Å². The fraction of sp³-hybridized carbons (Fsp3) is 0.111. The normalized spacial score (nSPS) is 11.4. The summed E-state index contributed by atoms with van der Waals surface area (Å²) in [5.74, 6) is -0.956. The third-order valence-corrected chi connectivity index (χ3v) is 3.62.